The molecule has 0 saturated carbocycles. The van der Waals surface area contributed by atoms with E-state index in [-0.39, 0.29) is 36.9 Å². The van der Waals surface area contributed by atoms with E-state index >= 15 is 0 Å². The van der Waals surface area contributed by atoms with Gasteiger partial charge in [0.25, 0.3) is 5.91 Å². The Morgan fingerprint density at radius 2 is 1.81 bits per heavy atom. The molecule has 1 unspecified atom stereocenters. The first-order valence-corrected chi connectivity index (χ1v) is 7.26. The van der Waals surface area contributed by atoms with Crippen molar-refractivity contribution in [3.8, 4) is 0 Å². The zero-order valence-corrected chi connectivity index (χ0v) is 12.0. The summed E-state index contributed by atoms with van der Waals surface area (Å²) in [7, 11) is 0. The zero-order chi connectivity index (χ0) is 15.2. The van der Waals surface area contributed by atoms with Gasteiger partial charge in [0.2, 0.25) is 11.8 Å². The minimum absolute atomic E-state index is 0.0241. The SMILES string of the molecule is NCC(=O)NCC(=O)N1CCN(C(=O)C2CCCO2)CC1. The monoisotopic (exact) mass is 298 g/mol. The van der Waals surface area contributed by atoms with E-state index in [2.05, 4.69) is 5.32 Å². The smallest absolute Gasteiger partial charge is 0.251 e. The lowest BCUT2D eigenvalue weighted by Gasteiger charge is -2.35. The molecule has 8 nitrogen and oxygen atoms in total. The van der Waals surface area contributed by atoms with Crippen molar-refractivity contribution in [2.75, 3.05) is 45.9 Å². The quantitative estimate of drug-likeness (QED) is 0.619. The van der Waals surface area contributed by atoms with Crippen LogP contribution in [-0.2, 0) is 19.1 Å². The van der Waals surface area contributed by atoms with Crippen molar-refractivity contribution in [3.63, 3.8) is 0 Å². The number of piperazine rings is 1. The Morgan fingerprint density at radius 1 is 1.14 bits per heavy atom. The third-order valence-electron chi connectivity index (χ3n) is 3.77. The number of amides is 3. The maximum absolute atomic E-state index is 12.2. The van der Waals surface area contributed by atoms with E-state index in [9.17, 15) is 14.4 Å². The number of hydrogen-bond donors (Lipinski definition) is 2. The third-order valence-corrected chi connectivity index (χ3v) is 3.77. The minimum atomic E-state index is -0.351. The second-order valence-electron chi connectivity index (χ2n) is 5.19. The molecule has 2 fully saturated rings. The van der Waals surface area contributed by atoms with Crippen molar-refractivity contribution in [1.82, 2.24) is 15.1 Å². The summed E-state index contributed by atoms with van der Waals surface area (Å²) >= 11 is 0. The van der Waals surface area contributed by atoms with Crippen molar-refractivity contribution in [3.05, 3.63) is 0 Å². The molecule has 2 aliphatic heterocycles. The molecule has 0 aromatic rings. The number of hydrogen-bond acceptors (Lipinski definition) is 5. The molecule has 118 valence electrons. The molecule has 3 N–H and O–H groups in total. The highest BCUT2D eigenvalue weighted by molar-refractivity contribution is 5.86. The molecule has 21 heavy (non-hydrogen) atoms. The van der Waals surface area contributed by atoms with Crippen LogP contribution in [0.1, 0.15) is 12.8 Å². The standard InChI is InChI=1S/C13H22N4O4/c14-8-11(18)15-9-12(19)16-3-5-17(6-4-16)13(20)10-2-1-7-21-10/h10H,1-9,14H2,(H,15,18). The van der Waals surface area contributed by atoms with Gasteiger partial charge in [0.15, 0.2) is 0 Å². The van der Waals surface area contributed by atoms with E-state index < -0.39 is 0 Å². The fourth-order valence-corrected chi connectivity index (χ4v) is 2.51. The van der Waals surface area contributed by atoms with Crippen molar-refractivity contribution in [2.24, 2.45) is 5.73 Å². The maximum atomic E-state index is 12.2. The summed E-state index contributed by atoms with van der Waals surface area (Å²) in [5, 5.41) is 2.45. The Hall–Kier alpha value is -1.67. The average Bonchev–Trinajstić information content (AvgIpc) is 3.06. The first-order valence-electron chi connectivity index (χ1n) is 7.26. The number of ether oxygens (including phenoxy) is 1. The van der Waals surface area contributed by atoms with Gasteiger partial charge in [0.1, 0.15) is 6.10 Å². The summed E-state index contributed by atoms with van der Waals surface area (Å²) in [6.07, 6.45) is 1.40. The highest BCUT2D eigenvalue weighted by Crippen LogP contribution is 2.15. The van der Waals surface area contributed by atoms with Gasteiger partial charge < -0.3 is 25.6 Å². The van der Waals surface area contributed by atoms with Gasteiger partial charge in [0.05, 0.1) is 13.1 Å². The number of nitrogens with two attached hydrogens (primary N) is 1. The molecule has 0 aromatic carbocycles. The van der Waals surface area contributed by atoms with Gasteiger partial charge in [-0.1, -0.05) is 0 Å². The highest BCUT2D eigenvalue weighted by Gasteiger charge is 2.31. The van der Waals surface area contributed by atoms with Crippen LogP contribution in [0.2, 0.25) is 0 Å². The van der Waals surface area contributed by atoms with Crippen LogP contribution in [0.25, 0.3) is 0 Å². The molecule has 0 aromatic heterocycles. The van der Waals surface area contributed by atoms with Gasteiger partial charge in [-0.3, -0.25) is 14.4 Å². The van der Waals surface area contributed by atoms with Crippen LogP contribution < -0.4 is 11.1 Å². The van der Waals surface area contributed by atoms with E-state index in [0.29, 0.717) is 32.8 Å². The number of carbonyl (C=O) groups is 3. The Kier molecular flexibility index (Phi) is 5.51. The van der Waals surface area contributed by atoms with Crippen molar-refractivity contribution >= 4 is 17.7 Å². The van der Waals surface area contributed by atoms with E-state index in [1.807, 2.05) is 0 Å². The number of nitrogens with zero attached hydrogens (tertiary/aromatic N) is 2. The predicted octanol–water partition coefficient (Wildman–Crippen LogP) is -2.09. The van der Waals surface area contributed by atoms with E-state index in [1.54, 1.807) is 9.80 Å². The normalized spacial score (nSPS) is 22.2. The molecule has 0 aliphatic carbocycles. The fourth-order valence-electron chi connectivity index (χ4n) is 2.51. The fraction of sp³-hybridized carbons (Fsp3) is 0.769. The molecule has 2 heterocycles. The summed E-state index contributed by atoms with van der Waals surface area (Å²) in [6, 6.07) is 0. The average molecular weight is 298 g/mol. The molecule has 0 bridgehead atoms. The maximum Gasteiger partial charge on any atom is 0.251 e. The molecule has 2 rings (SSSR count). The van der Waals surface area contributed by atoms with Crippen LogP contribution in [0.3, 0.4) is 0 Å². The molecule has 3 amide bonds. The van der Waals surface area contributed by atoms with Crippen LogP contribution in [0.5, 0.6) is 0 Å². The molecule has 1 atom stereocenters. The molecule has 0 spiro atoms. The third kappa shape index (κ3) is 4.15. The van der Waals surface area contributed by atoms with Crippen molar-refractivity contribution in [2.45, 2.75) is 18.9 Å². The van der Waals surface area contributed by atoms with Crippen LogP contribution in [0.15, 0.2) is 0 Å². The number of nitrogens with one attached hydrogen (secondary N) is 1. The Labute approximate surface area is 123 Å². The summed E-state index contributed by atoms with van der Waals surface area (Å²) < 4.78 is 5.39. The van der Waals surface area contributed by atoms with Crippen molar-refractivity contribution < 1.29 is 19.1 Å². The topological polar surface area (TPSA) is 105 Å². The Bertz CT molecular complexity index is 401. The van der Waals surface area contributed by atoms with Crippen LogP contribution in [-0.4, -0.2) is 79.5 Å². The molecule has 2 saturated heterocycles. The Balaban J connectivity index is 1.73. The lowest BCUT2D eigenvalue weighted by molar-refractivity contribution is -0.145. The highest BCUT2D eigenvalue weighted by atomic mass is 16.5. The van der Waals surface area contributed by atoms with Crippen molar-refractivity contribution in [1.29, 1.82) is 0 Å². The lowest BCUT2D eigenvalue weighted by Crippen LogP contribution is -2.54. The largest absolute Gasteiger partial charge is 0.368 e. The molecular weight excluding hydrogens is 276 g/mol. The Morgan fingerprint density at radius 3 is 2.38 bits per heavy atom. The van der Waals surface area contributed by atoms with Gasteiger partial charge in [-0.05, 0) is 12.8 Å². The first-order chi connectivity index (χ1) is 10.1. The van der Waals surface area contributed by atoms with Gasteiger partial charge in [-0.2, -0.15) is 0 Å². The van der Waals surface area contributed by atoms with Crippen LogP contribution in [0, 0.1) is 0 Å². The summed E-state index contributed by atoms with van der Waals surface area (Å²) in [4.78, 5) is 38.5. The van der Waals surface area contributed by atoms with Crippen LogP contribution >= 0.6 is 0 Å². The second-order valence-corrected chi connectivity index (χ2v) is 5.19. The van der Waals surface area contributed by atoms with Crippen LogP contribution in [0.4, 0.5) is 0 Å². The van der Waals surface area contributed by atoms with E-state index in [4.69, 9.17) is 10.5 Å². The van der Waals surface area contributed by atoms with Gasteiger partial charge in [-0.25, -0.2) is 0 Å². The van der Waals surface area contributed by atoms with E-state index in [0.717, 1.165) is 12.8 Å². The zero-order valence-electron chi connectivity index (χ0n) is 12.0. The molecule has 8 heteroatoms. The summed E-state index contributed by atoms with van der Waals surface area (Å²) in [5.74, 6) is -0.479. The summed E-state index contributed by atoms with van der Waals surface area (Å²) in [6.45, 7) is 2.46. The number of carbonyl (C=O) groups excluding carboxylic acids is 3. The first kappa shape index (κ1) is 15.7. The number of rotatable bonds is 4. The van der Waals surface area contributed by atoms with Gasteiger partial charge in [-0.15, -0.1) is 0 Å². The molecule has 0 radical (unpaired) electrons. The second kappa shape index (κ2) is 7.37. The van der Waals surface area contributed by atoms with E-state index in [1.165, 1.54) is 0 Å². The summed E-state index contributed by atoms with van der Waals surface area (Å²) in [5.41, 5.74) is 5.15. The van der Waals surface area contributed by atoms with Gasteiger partial charge >= 0.3 is 0 Å². The minimum Gasteiger partial charge on any atom is -0.368 e. The lowest BCUT2D eigenvalue weighted by atomic mass is 10.2. The molecular formula is C13H22N4O4. The van der Waals surface area contributed by atoms with Gasteiger partial charge in [0, 0.05) is 32.8 Å². The predicted molar refractivity (Wildman–Crippen MR) is 74.2 cm³/mol. The molecule has 2 aliphatic rings.